The van der Waals surface area contributed by atoms with Gasteiger partial charge in [-0.05, 0) is 24.6 Å². The number of hydrogen-bond donors (Lipinski definition) is 2. The molecule has 0 aliphatic heterocycles. The second kappa shape index (κ2) is 8.91. The SMILES string of the molecule is C=CCOC(=O)c1sc(NC(=O)Cc2ccc(NC(C)=O)cc2)nc1C. The van der Waals surface area contributed by atoms with E-state index in [-0.39, 0.29) is 24.8 Å². The van der Waals surface area contributed by atoms with Crippen LogP contribution in [0.25, 0.3) is 0 Å². The number of nitrogens with zero attached hydrogens (tertiary/aromatic N) is 1. The van der Waals surface area contributed by atoms with Gasteiger partial charge in [0.25, 0.3) is 0 Å². The van der Waals surface area contributed by atoms with E-state index in [0.29, 0.717) is 21.4 Å². The molecule has 2 rings (SSSR count). The summed E-state index contributed by atoms with van der Waals surface area (Å²) in [6.45, 7) is 6.71. The fourth-order valence-corrected chi connectivity index (χ4v) is 2.97. The van der Waals surface area contributed by atoms with Crippen molar-refractivity contribution in [2.75, 3.05) is 17.2 Å². The molecule has 0 spiro atoms. The molecule has 2 aromatic rings. The van der Waals surface area contributed by atoms with Gasteiger partial charge in [0.2, 0.25) is 11.8 Å². The third kappa shape index (κ3) is 5.52. The zero-order valence-corrected chi connectivity index (χ0v) is 15.3. The van der Waals surface area contributed by atoms with Gasteiger partial charge in [-0.25, -0.2) is 9.78 Å². The quantitative estimate of drug-likeness (QED) is 0.574. The Balaban J connectivity index is 1.96. The summed E-state index contributed by atoms with van der Waals surface area (Å²) < 4.78 is 4.98. The topological polar surface area (TPSA) is 97.4 Å². The minimum atomic E-state index is -0.492. The summed E-state index contributed by atoms with van der Waals surface area (Å²) in [7, 11) is 0. The first-order chi connectivity index (χ1) is 12.4. The normalized spacial score (nSPS) is 10.1. The molecule has 26 heavy (non-hydrogen) atoms. The molecule has 0 saturated heterocycles. The predicted molar refractivity (Wildman–Crippen MR) is 100 cm³/mol. The number of thiazole rings is 1. The van der Waals surface area contributed by atoms with Gasteiger partial charge in [-0.15, -0.1) is 0 Å². The number of benzene rings is 1. The molecule has 2 N–H and O–H groups in total. The smallest absolute Gasteiger partial charge is 0.350 e. The molecule has 1 aromatic heterocycles. The molecule has 8 heteroatoms. The van der Waals surface area contributed by atoms with Crippen LogP contribution < -0.4 is 10.6 Å². The van der Waals surface area contributed by atoms with Crippen LogP contribution in [0.2, 0.25) is 0 Å². The van der Waals surface area contributed by atoms with E-state index in [0.717, 1.165) is 16.9 Å². The summed E-state index contributed by atoms with van der Waals surface area (Å²) in [4.78, 5) is 39.6. The summed E-state index contributed by atoms with van der Waals surface area (Å²) in [5.41, 5.74) is 1.95. The highest BCUT2D eigenvalue weighted by atomic mass is 32.1. The predicted octanol–water partition coefficient (Wildman–Crippen LogP) is 2.93. The summed E-state index contributed by atoms with van der Waals surface area (Å²) >= 11 is 1.07. The van der Waals surface area contributed by atoms with E-state index in [1.165, 1.54) is 13.0 Å². The van der Waals surface area contributed by atoms with Gasteiger partial charge in [-0.3, -0.25) is 9.59 Å². The van der Waals surface area contributed by atoms with Crippen LogP contribution in [-0.2, 0) is 20.7 Å². The number of aryl methyl sites for hydroxylation is 1. The first-order valence-corrected chi connectivity index (χ1v) is 8.62. The number of esters is 1. The number of hydrogen-bond acceptors (Lipinski definition) is 6. The number of carbonyl (C=O) groups excluding carboxylic acids is 3. The largest absolute Gasteiger partial charge is 0.457 e. The first-order valence-electron chi connectivity index (χ1n) is 7.81. The van der Waals surface area contributed by atoms with Gasteiger partial charge in [0.05, 0.1) is 12.1 Å². The number of amides is 2. The van der Waals surface area contributed by atoms with E-state index < -0.39 is 5.97 Å². The molecule has 7 nitrogen and oxygen atoms in total. The van der Waals surface area contributed by atoms with Crippen molar-refractivity contribution >= 4 is 39.9 Å². The molecule has 0 aliphatic carbocycles. The van der Waals surface area contributed by atoms with Gasteiger partial charge in [0.15, 0.2) is 5.13 Å². The van der Waals surface area contributed by atoms with Crippen LogP contribution in [0.3, 0.4) is 0 Å². The van der Waals surface area contributed by atoms with Gasteiger partial charge < -0.3 is 15.4 Å². The highest BCUT2D eigenvalue weighted by molar-refractivity contribution is 7.17. The van der Waals surface area contributed by atoms with Crippen molar-refractivity contribution in [2.24, 2.45) is 0 Å². The number of aromatic nitrogens is 1. The lowest BCUT2D eigenvalue weighted by Gasteiger charge is -2.05. The Morgan fingerprint density at radius 3 is 2.54 bits per heavy atom. The Morgan fingerprint density at radius 1 is 1.23 bits per heavy atom. The van der Waals surface area contributed by atoms with Crippen LogP contribution in [0, 0.1) is 6.92 Å². The van der Waals surface area contributed by atoms with Crippen molar-refractivity contribution < 1.29 is 19.1 Å². The van der Waals surface area contributed by atoms with Crippen molar-refractivity contribution in [2.45, 2.75) is 20.3 Å². The van der Waals surface area contributed by atoms with Crippen LogP contribution in [-0.4, -0.2) is 29.4 Å². The Hall–Kier alpha value is -3.00. The van der Waals surface area contributed by atoms with E-state index >= 15 is 0 Å². The monoisotopic (exact) mass is 373 g/mol. The molecular weight excluding hydrogens is 354 g/mol. The Labute approximate surface area is 155 Å². The van der Waals surface area contributed by atoms with Gasteiger partial charge in [0.1, 0.15) is 11.5 Å². The fraction of sp³-hybridized carbons (Fsp3) is 0.222. The van der Waals surface area contributed by atoms with Crippen LogP contribution in [0.5, 0.6) is 0 Å². The van der Waals surface area contributed by atoms with E-state index in [2.05, 4.69) is 22.2 Å². The highest BCUT2D eigenvalue weighted by Crippen LogP contribution is 2.23. The van der Waals surface area contributed by atoms with Gasteiger partial charge >= 0.3 is 5.97 Å². The fourth-order valence-electron chi connectivity index (χ4n) is 2.10. The molecule has 0 radical (unpaired) electrons. The number of ether oxygens (including phenoxy) is 1. The molecule has 1 aromatic carbocycles. The molecule has 0 saturated carbocycles. The second-order valence-electron chi connectivity index (χ2n) is 5.42. The van der Waals surface area contributed by atoms with Crippen molar-refractivity contribution in [3.05, 3.63) is 53.1 Å². The number of carbonyl (C=O) groups is 3. The maximum absolute atomic E-state index is 12.2. The molecule has 0 atom stereocenters. The van der Waals surface area contributed by atoms with Crippen molar-refractivity contribution in [3.63, 3.8) is 0 Å². The maximum Gasteiger partial charge on any atom is 0.350 e. The molecular formula is C18H19N3O4S. The zero-order chi connectivity index (χ0) is 19.1. The van der Waals surface area contributed by atoms with E-state index in [9.17, 15) is 14.4 Å². The zero-order valence-electron chi connectivity index (χ0n) is 14.5. The van der Waals surface area contributed by atoms with E-state index in [1.807, 2.05) is 0 Å². The Kier molecular flexibility index (Phi) is 6.62. The van der Waals surface area contributed by atoms with Gasteiger partial charge in [-0.2, -0.15) is 0 Å². The lowest BCUT2D eigenvalue weighted by atomic mass is 10.1. The van der Waals surface area contributed by atoms with Crippen molar-refractivity contribution in [3.8, 4) is 0 Å². The van der Waals surface area contributed by atoms with Crippen LogP contribution in [0.1, 0.15) is 27.9 Å². The Morgan fingerprint density at radius 2 is 1.92 bits per heavy atom. The van der Waals surface area contributed by atoms with Crippen molar-refractivity contribution in [1.29, 1.82) is 0 Å². The van der Waals surface area contributed by atoms with Crippen LogP contribution in [0.4, 0.5) is 10.8 Å². The van der Waals surface area contributed by atoms with Gasteiger partial charge in [0, 0.05) is 12.6 Å². The van der Waals surface area contributed by atoms with Gasteiger partial charge in [-0.1, -0.05) is 36.1 Å². The molecule has 0 fully saturated rings. The summed E-state index contributed by atoms with van der Waals surface area (Å²) in [6.07, 6.45) is 1.63. The molecule has 2 amide bonds. The average Bonchev–Trinajstić information content (AvgIpc) is 2.94. The van der Waals surface area contributed by atoms with E-state index in [1.54, 1.807) is 31.2 Å². The minimum Gasteiger partial charge on any atom is -0.457 e. The summed E-state index contributed by atoms with van der Waals surface area (Å²) in [5.74, 6) is -0.900. The first kappa shape index (κ1) is 19.3. The number of anilines is 2. The summed E-state index contributed by atoms with van der Waals surface area (Å²) in [5, 5.41) is 5.68. The standard InChI is InChI=1S/C18H19N3O4S/c1-4-9-25-17(24)16-11(2)19-18(26-16)21-15(23)10-13-5-7-14(8-6-13)20-12(3)22/h4-8H,1,9-10H2,2-3H3,(H,20,22)(H,19,21,23). The van der Waals surface area contributed by atoms with Crippen LogP contribution in [0.15, 0.2) is 36.9 Å². The van der Waals surface area contributed by atoms with Crippen LogP contribution >= 0.6 is 11.3 Å². The van der Waals surface area contributed by atoms with E-state index in [4.69, 9.17) is 4.74 Å². The lowest BCUT2D eigenvalue weighted by molar-refractivity contribution is -0.116. The minimum absolute atomic E-state index is 0.117. The summed E-state index contributed by atoms with van der Waals surface area (Å²) in [6, 6.07) is 6.97. The maximum atomic E-state index is 12.2. The Bertz CT molecular complexity index is 827. The molecule has 136 valence electrons. The van der Waals surface area contributed by atoms with Crippen molar-refractivity contribution in [1.82, 2.24) is 4.98 Å². The highest BCUT2D eigenvalue weighted by Gasteiger charge is 2.17. The molecule has 0 aliphatic rings. The third-order valence-corrected chi connectivity index (χ3v) is 4.25. The number of nitrogens with one attached hydrogen (secondary N) is 2. The molecule has 0 bridgehead atoms. The molecule has 1 heterocycles. The second-order valence-corrected chi connectivity index (χ2v) is 6.42. The lowest BCUT2D eigenvalue weighted by Crippen LogP contribution is -2.14. The molecule has 0 unspecified atom stereocenters. The average molecular weight is 373 g/mol. The third-order valence-electron chi connectivity index (χ3n) is 3.20. The number of rotatable bonds is 7.